The average Bonchev–Trinajstić information content (AvgIpc) is 2.69. The van der Waals surface area contributed by atoms with E-state index in [1.807, 2.05) is 31.2 Å². The lowest BCUT2D eigenvalue weighted by Gasteiger charge is -2.40. The standard InChI is InChI=1S/C24H30FNO2/c1-3-28-23(27)16-20-12-8-14-22(24(20)19-11-7-13-21(25)15-19)26-17(2)18-9-5-4-6-10-18/h4-7,9-11,13,15,17,20,22,24,26H,3,8,12,14,16H2,1-2H3/t17-,20?,22?,24?/m0/s1. The van der Waals surface area contributed by atoms with E-state index >= 15 is 0 Å². The number of benzene rings is 2. The van der Waals surface area contributed by atoms with E-state index in [2.05, 4.69) is 24.4 Å². The summed E-state index contributed by atoms with van der Waals surface area (Å²) in [5.74, 6) is -0.159. The number of carbonyl (C=O) groups excluding carboxylic acids is 1. The number of hydrogen-bond donors (Lipinski definition) is 1. The second-order valence-corrected chi connectivity index (χ2v) is 7.69. The Morgan fingerprint density at radius 3 is 2.68 bits per heavy atom. The maximum absolute atomic E-state index is 14.0. The minimum atomic E-state index is -0.229. The molecule has 1 saturated carbocycles. The van der Waals surface area contributed by atoms with Gasteiger partial charge < -0.3 is 10.1 Å². The minimum absolute atomic E-state index is 0.0834. The molecular formula is C24H30FNO2. The van der Waals surface area contributed by atoms with Crippen LogP contribution in [0.5, 0.6) is 0 Å². The van der Waals surface area contributed by atoms with Crippen LogP contribution in [0.4, 0.5) is 4.39 Å². The Morgan fingerprint density at radius 2 is 1.96 bits per heavy atom. The van der Waals surface area contributed by atoms with Crippen LogP contribution in [0.25, 0.3) is 0 Å². The Balaban J connectivity index is 1.84. The molecule has 2 aromatic carbocycles. The van der Waals surface area contributed by atoms with Crippen molar-refractivity contribution >= 4 is 5.97 Å². The molecule has 4 atom stereocenters. The third kappa shape index (κ3) is 5.20. The first kappa shape index (κ1) is 20.5. The molecule has 0 aromatic heterocycles. The van der Waals surface area contributed by atoms with Crippen molar-refractivity contribution in [3.8, 4) is 0 Å². The Bertz CT molecular complexity index is 764. The largest absolute Gasteiger partial charge is 0.466 e. The molecule has 2 aromatic rings. The fourth-order valence-corrected chi connectivity index (χ4v) is 4.52. The van der Waals surface area contributed by atoms with E-state index in [0.717, 1.165) is 24.8 Å². The third-order valence-corrected chi connectivity index (χ3v) is 5.76. The monoisotopic (exact) mass is 383 g/mol. The second-order valence-electron chi connectivity index (χ2n) is 7.69. The van der Waals surface area contributed by atoms with E-state index in [9.17, 15) is 9.18 Å². The van der Waals surface area contributed by atoms with Gasteiger partial charge in [0.1, 0.15) is 5.82 Å². The van der Waals surface area contributed by atoms with Gasteiger partial charge in [-0.3, -0.25) is 4.79 Å². The van der Waals surface area contributed by atoms with Gasteiger partial charge in [0.05, 0.1) is 6.61 Å². The van der Waals surface area contributed by atoms with Gasteiger partial charge in [-0.2, -0.15) is 0 Å². The zero-order valence-corrected chi connectivity index (χ0v) is 16.7. The predicted molar refractivity (Wildman–Crippen MR) is 110 cm³/mol. The maximum Gasteiger partial charge on any atom is 0.306 e. The Labute approximate surface area is 167 Å². The molecule has 1 aliphatic rings. The van der Waals surface area contributed by atoms with Crippen molar-refractivity contribution in [3.63, 3.8) is 0 Å². The molecule has 0 spiro atoms. The zero-order valence-electron chi connectivity index (χ0n) is 16.7. The van der Waals surface area contributed by atoms with Crippen LogP contribution in [0.1, 0.15) is 62.6 Å². The molecular weight excluding hydrogens is 353 g/mol. The Kier molecular flexibility index (Phi) is 7.21. The Morgan fingerprint density at radius 1 is 1.18 bits per heavy atom. The van der Waals surface area contributed by atoms with Crippen molar-refractivity contribution in [2.24, 2.45) is 5.92 Å². The highest BCUT2D eigenvalue weighted by Gasteiger charge is 2.36. The molecule has 0 aliphatic heterocycles. The van der Waals surface area contributed by atoms with Crippen LogP contribution in [0.15, 0.2) is 54.6 Å². The third-order valence-electron chi connectivity index (χ3n) is 5.76. The van der Waals surface area contributed by atoms with Crippen LogP contribution in [-0.2, 0) is 9.53 Å². The van der Waals surface area contributed by atoms with E-state index < -0.39 is 0 Å². The van der Waals surface area contributed by atoms with Crippen molar-refractivity contribution in [1.82, 2.24) is 5.32 Å². The minimum Gasteiger partial charge on any atom is -0.466 e. The van der Waals surface area contributed by atoms with Crippen LogP contribution >= 0.6 is 0 Å². The molecule has 28 heavy (non-hydrogen) atoms. The highest BCUT2D eigenvalue weighted by molar-refractivity contribution is 5.69. The molecule has 3 nitrogen and oxygen atoms in total. The second kappa shape index (κ2) is 9.83. The zero-order chi connectivity index (χ0) is 19.9. The first-order valence-corrected chi connectivity index (χ1v) is 10.3. The first-order chi connectivity index (χ1) is 13.6. The number of nitrogens with one attached hydrogen (secondary N) is 1. The van der Waals surface area contributed by atoms with Gasteiger partial charge in [0.25, 0.3) is 0 Å². The molecule has 4 heteroatoms. The summed E-state index contributed by atoms with van der Waals surface area (Å²) in [5.41, 5.74) is 2.19. The number of carbonyl (C=O) groups is 1. The van der Waals surface area contributed by atoms with Crippen LogP contribution in [-0.4, -0.2) is 18.6 Å². The molecule has 150 valence electrons. The van der Waals surface area contributed by atoms with Gasteiger partial charge in [0, 0.05) is 24.4 Å². The van der Waals surface area contributed by atoms with Crippen molar-refractivity contribution in [2.45, 2.75) is 57.5 Å². The van der Waals surface area contributed by atoms with Gasteiger partial charge in [0.15, 0.2) is 0 Å². The van der Waals surface area contributed by atoms with Gasteiger partial charge >= 0.3 is 5.97 Å². The smallest absolute Gasteiger partial charge is 0.306 e. The molecule has 0 amide bonds. The summed E-state index contributed by atoms with van der Waals surface area (Å²) >= 11 is 0. The van der Waals surface area contributed by atoms with Crippen molar-refractivity contribution in [3.05, 3.63) is 71.5 Å². The predicted octanol–water partition coefficient (Wildman–Crippen LogP) is 5.38. The van der Waals surface area contributed by atoms with Crippen molar-refractivity contribution < 1.29 is 13.9 Å². The van der Waals surface area contributed by atoms with E-state index in [1.54, 1.807) is 12.1 Å². The summed E-state index contributed by atoms with van der Waals surface area (Å²) in [6.45, 7) is 4.38. The molecule has 1 aliphatic carbocycles. The molecule has 1 N–H and O–H groups in total. The highest BCUT2D eigenvalue weighted by atomic mass is 19.1. The van der Waals surface area contributed by atoms with Gasteiger partial charge in [-0.15, -0.1) is 0 Å². The Hall–Kier alpha value is -2.20. The number of esters is 1. The topological polar surface area (TPSA) is 38.3 Å². The molecule has 0 radical (unpaired) electrons. The van der Waals surface area contributed by atoms with Crippen LogP contribution in [0.2, 0.25) is 0 Å². The molecule has 0 heterocycles. The summed E-state index contributed by atoms with van der Waals surface area (Å²) in [6, 6.07) is 17.6. The normalized spacial score (nSPS) is 23.2. The van der Waals surface area contributed by atoms with Crippen molar-refractivity contribution in [2.75, 3.05) is 6.61 Å². The molecule has 3 unspecified atom stereocenters. The van der Waals surface area contributed by atoms with E-state index in [0.29, 0.717) is 13.0 Å². The molecule has 1 fully saturated rings. The molecule has 0 bridgehead atoms. The molecule has 0 saturated heterocycles. The lowest BCUT2D eigenvalue weighted by Crippen LogP contribution is -2.43. The van der Waals surface area contributed by atoms with E-state index in [-0.39, 0.29) is 35.7 Å². The maximum atomic E-state index is 14.0. The molecule has 3 rings (SSSR count). The summed E-state index contributed by atoms with van der Waals surface area (Å²) in [4.78, 5) is 12.2. The summed E-state index contributed by atoms with van der Waals surface area (Å²) in [7, 11) is 0. The lowest BCUT2D eigenvalue weighted by atomic mass is 9.70. The lowest BCUT2D eigenvalue weighted by molar-refractivity contribution is -0.144. The van der Waals surface area contributed by atoms with Crippen LogP contribution < -0.4 is 5.32 Å². The van der Waals surface area contributed by atoms with Gasteiger partial charge in [-0.25, -0.2) is 4.39 Å². The number of ether oxygens (including phenoxy) is 1. The van der Waals surface area contributed by atoms with Gasteiger partial charge in [0.2, 0.25) is 0 Å². The number of halogens is 1. The first-order valence-electron chi connectivity index (χ1n) is 10.3. The van der Waals surface area contributed by atoms with E-state index in [1.165, 1.54) is 11.6 Å². The number of rotatable bonds is 7. The fraction of sp³-hybridized carbons (Fsp3) is 0.458. The number of hydrogen-bond acceptors (Lipinski definition) is 3. The summed E-state index contributed by atoms with van der Waals surface area (Å²) in [6.07, 6.45) is 3.40. The SMILES string of the molecule is CCOC(=O)CC1CCCC(N[C@@H](C)c2ccccc2)C1c1cccc(F)c1. The van der Waals surface area contributed by atoms with Crippen LogP contribution in [0.3, 0.4) is 0 Å². The summed E-state index contributed by atoms with van der Waals surface area (Å²) < 4.78 is 19.2. The fourth-order valence-electron chi connectivity index (χ4n) is 4.52. The summed E-state index contributed by atoms with van der Waals surface area (Å²) in [5, 5.41) is 3.76. The van der Waals surface area contributed by atoms with Gasteiger partial charge in [-0.1, -0.05) is 48.9 Å². The van der Waals surface area contributed by atoms with Gasteiger partial charge in [-0.05, 0) is 55.9 Å². The van der Waals surface area contributed by atoms with E-state index in [4.69, 9.17) is 4.74 Å². The van der Waals surface area contributed by atoms with Crippen molar-refractivity contribution in [1.29, 1.82) is 0 Å². The average molecular weight is 384 g/mol. The van der Waals surface area contributed by atoms with Crippen LogP contribution in [0, 0.1) is 11.7 Å². The quantitative estimate of drug-likeness (QED) is 0.652. The highest BCUT2D eigenvalue weighted by Crippen LogP contribution is 2.41.